The summed E-state index contributed by atoms with van der Waals surface area (Å²) in [6.07, 6.45) is 6.33. The van der Waals surface area contributed by atoms with Crippen molar-refractivity contribution in [1.82, 2.24) is 10.2 Å². The van der Waals surface area contributed by atoms with Gasteiger partial charge in [0.05, 0.1) is 24.8 Å². The second kappa shape index (κ2) is 11.7. The summed E-state index contributed by atoms with van der Waals surface area (Å²) in [7, 11) is 1.25. The minimum Gasteiger partial charge on any atom is -0.494 e. The zero-order valence-corrected chi connectivity index (χ0v) is 18.7. The highest BCUT2D eigenvalue weighted by molar-refractivity contribution is 8.18. The van der Waals surface area contributed by atoms with Crippen molar-refractivity contribution in [3.05, 3.63) is 40.8 Å². The van der Waals surface area contributed by atoms with Gasteiger partial charge in [0.25, 0.3) is 5.91 Å². The van der Waals surface area contributed by atoms with Gasteiger partial charge in [-0.25, -0.2) is 4.79 Å². The van der Waals surface area contributed by atoms with Crippen molar-refractivity contribution in [2.75, 3.05) is 33.4 Å². The number of thioether (sulfide) groups is 1. The topological polar surface area (TPSA) is 92.6 Å². The van der Waals surface area contributed by atoms with Crippen LogP contribution in [0.4, 0.5) is 0 Å². The van der Waals surface area contributed by atoms with Crippen LogP contribution in [0.15, 0.2) is 45.4 Å². The number of nitrogens with zero attached hydrogens (tertiary/aromatic N) is 3. The highest BCUT2D eigenvalue weighted by Crippen LogP contribution is 2.23. The minimum absolute atomic E-state index is 0.218. The van der Waals surface area contributed by atoms with E-state index in [9.17, 15) is 9.59 Å². The van der Waals surface area contributed by atoms with Crippen LogP contribution in [0.25, 0.3) is 0 Å². The normalized spacial score (nSPS) is 22.3. The molecule has 2 saturated heterocycles. The lowest BCUT2D eigenvalue weighted by molar-refractivity contribution is -0.135. The molecule has 0 aromatic heterocycles. The van der Waals surface area contributed by atoms with Crippen molar-refractivity contribution >= 4 is 35.0 Å². The maximum Gasteiger partial charge on any atom is 0.331 e. The third-order valence-electron chi connectivity index (χ3n) is 4.94. The number of carbonyl (C=O) groups excluding carboxylic acids is 2. The smallest absolute Gasteiger partial charge is 0.331 e. The first-order valence-electron chi connectivity index (χ1n) is 10.4. The summed E-state index contributed by atoms with van der Waals surface area (Å²) in [5.74, 6) is 0.583. The summed E-state index contributed by atoms with van der Waals surface area (Å²) >= 11 is 1.03. The molecular formula is C22H28N4O4S. The predicted molar refractivity (Wildman–Crippen MR) is 122 cm³/mol. The summed E-state index contributed by atoms with van der Waals surface area (Å²) in [5, 5.41) is 10.9. The van der Waals surface area contributed by atoms with Gasteiger partial charge in [-0.15, -0.1) is 5.10 Å². The molecule has 8 nitrogen and oxygen atoms in total. The number of carbonyl (C=O) groups is 2. The zero-order chi connectivity index (χ0) is 22.1. The molecule has 2 fully saturated rings. The van der Waals surface area contributed by atoms with E-state index < -0.39 is 11.9 Å². The molecule has 31 heavy (non-hydrogen) atoms. The molecule has 9 heteroatoms. The van der Waals surface area contributed by atoms with Crippen molar-refractivity contribution < 1.29 is 19.1 Å². The molecular weight excluding hydrogens is 416 g/mol. The maximum absolute atomic E-state index is 11.8. The van der Waals surface area contributed by atoms with E-state index in [0.29, 0.717) is 11.8 Å². The molecule has 1 atom stereocenters. The largest absolute Gasteiger partial charge is 0.494 e. The molecule has 1 aromatic rings. The third-order valence-corrected chi connectivity index (χ3v) is 5.84. The molecule has 0 bridgehead atoms. The molecule has 1 aromatic carbocycles. The number of hydrogen-bond acceptors (Lipinski definition) is 8. The monoisotopic (exact) mass is 444 g/mol. The first-order chi connectivity index (χ1) is 15.0. The molecule has 1 N–H and O–H groups in total. The van der Waals surface area contributed by atoms with Crippen LogP contribution in [-0.2, 0) is 14.3 Å². The summed E-state index contributed by atoms with van der Waals surface area (Å²) in [6, 6.07) is 7.62. The highest BCUT2D eigenvalue weighted by Gasteiger charge is 2.25. The van der Waals surface area contributed by atoms with E-state index in [0.717, 1.165) is 48.0 Å². The zero-order valence-electron chi connectivity index (χ0n) is 17.9. The number of esters is 1. The quantitative estimate of drug-likeness (QED) is 0.218. The Hall–Kier alpha value is -2.65. The van der Waals surface area contributed by atoms with Crippen LogP contribution in [0.1, 0.15) is 31.7 Å². The predicted octanol–water partition coefficient (Wildman–Crippen LogP) is 2.80. The Labute approximate surface area is 186 Å². The van der Waals surface area contributed by atoms with E-state index in [4.69, 9.17) is 4.74 Å². The lowest BCUT2D eigenvalue weighted by atomic mass is 10.0. The van der Waals surface area contributed by atoms with Crippen molar-refractivity contribution in [1.29, 1.82) is 0 Å². The first kappa shape index (κ1) is 23.0. The number of rotatable bonds is 8. The standard InChI is InChI=1S/C22H28N4O4S/c1-16-6-4-9-26(15-16)10-5-11-30-18-8-3-7-17(12-18)14-23-25-22-24-21(28)19(31-22)13-20(27)29-2/h3,7-8,12-14,16H,4-6,9-11,15H2,1-2H3,(H,24,25,28)/b19-13+,23-14?. The molecule has 1 amide bonds. The fourth-order valence-electron chi connectivity index (χ4n) is 3.44. The molecule has 0 saturated carbocycles. The van der Waals surface area contributed by atoms with Gasteiger partial charge in [-0.3, -0.25) is 10.1 Å². The number of benzene rings is 1. The molecule has 2 heterocycles. The number of nitrogens with one attached hydrogen (secondary N) is 1. The van der Waals surface area contributed by atoms with Crippen molar-refractivity contribution in [3.63, 3.8) is 0 Å². The Morgan fingerprint density at radius 3 is 3.10 bits per heavy atom. The summed E-state index contributed by atoms with van der Waals surface area (Å²) in [4.78, 5) is 25.8. The fraction of sp³-hybridized carbons (Fsp3) is 0.455. The van der Waals surface area contributed by atoms with Gasteiger partial charge in [0.15, 0.2) is 5.17 Å². The molecule has 1 unspecified atom stereocenters. The number of methoxy groups -OCH3 is 1. The lowest BCUT2D eigenvalue weighted by Crippen LogP contribution is -2.35. The van der Waals surface area contributed by atoms with Crippen LogP contribution >= 0.6 is 11.8 Å². The van der Waals surface area contributed by atoms with E-state index >= 15 is 0 Å². The Balaban J connectivity index is 1.46. The summed E-state index contributed by atoms with van der Waals surface area (Å²) in [5.41, 5.74) is 0.839. The molecule has 166 valence electrons. The Bertz CT molecular complexity index is 884. The second-order valence-corrected chi connectivity index (χ2v) is 8.59. The Morgan fingerprint density at radius 1 is 1.42 bits per heavy atom. The SMILES string of the molecule is COC(=O)/C=C1/S/C(=N\N=Cc2cccc(OCCCN3CCCC(C)C3)c2)NC1=O. The third kappa shape index (κ3) is 7.52. The lowest BCUT2D eigenvalue weighted by Gasteiger charge is -2.30. The second-order valence-electron chi connectivity index (χ2n) is 7.56. The Kier molecular flexibility index (Phi) is 8.66. The molecule has 0 radical (unpaired) electrons. The average Bonchev–Trinajstić information content (AvgIpc) is 3.10. The van der Waals surface area contributed by atoms with Gasteiger partial charge in [0.1, 0.15) is 5.75 Å². The molecule has 3 rings (SSSR count). The van der Waals surface area contributed by atoms with Crippen molar-refractivity contribution in [3.8, 4) is 5.75 Å². The van der Waals surface area contributed by atoms with Crippen LogP contribution in [0.3, 0.4) is 0 Å². The number of amidine groups is 1. The maximum atomic E-state index is 11.8. The number of hydrogen-bond donors (Lipinski definition) is 1. The van der Waals surface area contributed by atoms with Crippen LogP contribution in [0.5, 0.6) is 5.75 Å². The van der Waals surface area contributed by atoms with Crippen LogP contribution < -0.4 is 10.1 Å². The molecule has 2 aliphatic rings. The van der Waals surface area contributed by atoms with Gasteiger partial charge in [-0.05, 0) is 61.2 Å². The number of amides is 1. The van der Waals surface area contributed by atoms with Gasteiger partial charge in [0.2, 0.25) is 0 Å². The van der Waals surface area contributed by atoms with Gasteiger partial charge in [-0.2, -0.15) is 5.10 Å². The van der Waals surface area contributed by atoms with Crippen LogP contribution in [-0.4, -0.2) is 61.5 Å². The summed E-state index contributed by atoms with van der Waals surface area (Å²) < 4.78 is 10.4. The van der Waals surface area contributed by atoms with E-state index in [1.54, 1.807) is 6.21 Å². The van der Waals surface area contributed by atoms with Gasteiger partial charge < -0.3 is 14.4 Å². The van der Waals surface area contributed by atoms with E-state index in [1.807, 2.05) is 24.3 Å². The molecule has 0 spiro atoms. The first-order valence-corrected chi connectivity index (χ1v) is 11.2. The fourth-order valence-corrected chi connectivity index (χ4v) is 4.18. The van der Waals surface area contributed by atoms with E-state index in [1.165, 1.54) is 33.0 Å². The van der Waals surface area contributed by atoms with Crippen LogP contribution in [0, 0.1) is 5.92 Å². The van der Waals surface area contributed by atoms with Crippen molar-refractivity contribution in [2.45, 2.75) is 26.2 Å². The van der Waals surface area contributed by atoms with E-state index in [-0.39, 0.29) is 4.91 Å². The van der Waals surface area contributed by atoms with Gasteiger partial charge >= 0.3 is 5.97 Å². The summed E-state index contributed by atoms with van der Waals surface area (Å²) in [6.45, 7) is 6.44. The number of likely N-dealkylation sites (tertiary alicyclic amines) is 1. The average molecular weight is 445 g/mol. The number of ether oxygens (including phenoxy) is 2. The minimum atomic E-state index is -0.593. The molecule has 2 aliphatic heterocycles. The van der Waals surface area contributed by atoms with Crippen molar-refractivity contribution in [2.24, 2.45) is 16.1 Å². The highest BCUT2D eigenvalue weighted by atomic mass is 32.2. The number of piperidine rings is 1. The Morgan fingerprint density at radius 2 is 2.29 bits per heavy atom. The van der Waals surface area contributed by atoms with Gasteiger partial charge in [-0.1, -0.05) is 19.1 Å². The van der Waals surface area contributed by atoms with Gasteiger partial charge in [0, 0.05) is 19.2 Å². The van der Waals surface area contributed by atoms with Crippen LogP contribution in [0.2, 0.25) is 0 Å². The molecule has 0 aliphatic carbocycles. The van der Waals surface area contributed by atoms with E-state index in [2.05, 4.69) is 32.1 Å².